The van der Waals surface area contributed by atoms with Crippen LogP contribution in [0.25, 0.3) is 0 Å². The molecule has 4 heteroatoms. The minimum atomic E-state index is 0.0825. The second-order valence-electron chi connectivity index (χ2n) is 4.44. The zero-order chi connectivity index (χ0) is 13.0. The molecule has 0 spiro atoms. The summed E-state index contributed by atoms with van der Waals surface area (Å²) in [5.41, 5.74) is 2.34. The molecule has 0 aliphatic carbocycles. The Labute approximate surface area is 108 Å². The van der Waals surface area contributed by atoms with E-state index in [1.54, 1.807) is 6.26 Å². The van der Waals surface area contributed by atoms with Crippen molar-refractivity contribution in [2.75, 3.05) is 6.54 Å². The SMILES string of the molecule is CCCn1nccc1C(NCC)c1occc1C. The van der Waals surface area contributed by atoms with Gasteiger partial charge in [0.15, 0.2) is 0 Å². The lowest BCUT2D eigenvalue weighted by molar-refractivity contribution is 0.426. The van der Waals surface area contributed by atoms with Crippen LogP contribution in [0.4, 0.5) is 0 Å². The highest BCUT2D eigenvalue weighted by Crippen LogP contribution is 2.25. The summed E-state index contributed by atoms with van der Waals surface area (Å²) in [6, 6.07) is 4.14. The zero-order valence-corrected chi connectivity index (χ0v) is 11.3. The second kappa shape index (κ2) is 5.87. The van der Waals surface area contributed by atoms with Gasteiger partial charge in [-0.05, 0) is 37.6 Å². The molecule has 0 radical (unpaired) electrons. The number of furan rings is 1. The molecule has 2 heterocycles. The molecule has 1 N–H and O–H groups in total. The smallest absolute Gasteiger partial charge is 0.129 e. The van der Waals surface area contributed by atoms with Gasteiger partial charge in [-0.2, -0.15) is 5.10 Å². The van der Waals surface area contributed by atoms with E-state index in [0.29, 0.717) is 0 Å². The highest BCUT2D eigenvalue weighted by atomic mass is 16.3. The quantitative estimate of drug-likeness (QED) is 0.853. The van der Waals surface area contributed by atoms with Crippen molar-refractivity contribution in [1.82, 2.24) is 15.1 Å². The number of rotatable bonds is 6. The summed E-state index contributed by atoms with van der Waals surface area (Å²) < 4.78 is 7.68. The summed E-state index contributed by atoms with van der Waals surface area (Å²) in [6.07, 6.45) is 4.67. The monoisotopic (exact) mass is 247 g/mol. The Balaban J connectivity index is 2.35. The van der Waals surface area contributed by atoms with E-state index < -0.39 is 0 Å². The third-order valence-electron chi connectivity index (χ3n) is 3.05. The number of hydrogen-bond acceptors (Lipinski definition) is 3. The fraction of sp³-hybridized carbons (Fsp3) is 0.500. The van der Waals surface area contributed by atoms with E-state index in [-0.39, 0.29) is 6.04 Å². The Morgan fingerprint density at radius 1 is 1.39 bits per heavy atom. The van der Waals surface area contributed by atoms with Crippen molar-refractivity contribution in [3.63, 3.8) is 0 Å². The summed E-state index contributed by atoms with van der Waals surface area (Å²) >= 11 is 0. The maximum Gasteiger partial charge on any atom is 0.129 e. The number of nitrogens with one attached hydrogen (secondary N) is 1. The maximum atomic E-state index is 5.63. The molecule has 4 nitrogen and oxygen atoms in total. The van der Waals surface area contributed by atoms with Crippen LogP contribution in [-0.4, -0.2) is 16.3 Å². The molecule has 0 aliphatic heterocycles. The molecule has 1 atom stereocenters. The topological polar surface area (TPSA) is 43.0 Å². The van der Waals surface area contributed by atoms with Crippen molar-refractivity contribution < 1.29 is 4.42 Å². The first-order chi connectivity index (χ1) is 8.77. The van der Waals surface area contributed by atoms with Crippen molar-refractivity contribution in [1.29, 1.82) is 0 Å². The first-order valence-corrected chi connectivity index (χ1v) is 6.57. The van der Waals surface area contributed by atoms with Gasteiger partial charge < -0.3 is 9.73 Å². The van der Waals surface area contributed by atoms with E-state index in [1.807, 2.05) is 12.3 Å². The molecule has 1 unspecified atom stereocenters. The highest BCUT2D eigenvalue weighted by molar-refractivity contribution is 5.26. The van der Waals surface area contributed by atoms with Crippen molar-refractivity contribution >= 4 is 0 Å². The number of nitrogens with zero attached hydrogens (tertiary/aromatic N) is 2. The molecule has 0 fully saturated rings. The standard InChI is InChI=1S/C14H21N3O/c1-4-9-17-12(6-8-16-17)13(15-5-2)14-11(3)7-10-18-14/h6-8,10,13,15H,4-5,9H2,1-3H3. The summed E-state index contributed by atoms with van der Waals surface area (Å²) in [6.45, 7) is 8.16. The van der Waals surface area contributed by atoms with Crippen LogP contribution in [0.3, 0.4) is 0 Å². The molecule has 0 saturated carbocycles. The van der Waals surface area contributed by atoms with Crippen LogP contribution in [0.1, 0.15) is 43.3 Å². The van der Waals surface area contributed by atoms with Crippen LogP contribution < -0.4 is 5.32 Å². The van der Waals surface area contributed by atoms with E-state index >= 15 is 0 Å². The average molecular weight is 247 g/mol. The minimum Gasteiger partial charge on any atom is -0.467 e. The largest absolute Gasteiger partial charge is 0.467 e. The Morgan fingerprint density at radius 2 is 2.22 bits per heavy atom. The highest BCUT2D eigenvalue weighted by Gasteiger charge is 2.21. The maximum absolute atomic E-state index is 5.63. The fourth-order valence-electron chi connectivity index (χ4n) is 2.20. The van der Waals surface area contributed by atoms with E-state index in [0.717, 1.165) is 31.0 Å². The molecule has 2 aromatic rings. The Bertz CT molecular complexity index is 487. The molecular formula is C14H21N3O. The van der Waals surface area contributed by atoms with E-state index in [4.69, 9.17) is 4.42 Å². The third-order valence-corrected chi connectivity index (χ3v) is 3.05. The van der Waals surface area contributed by atoms with Gasteiger partial charge >= 0.3 is 0 Å². The molecule has 0 bridgehead atoms. The lowest BCUT2D eigenvalue weighted by Crippen LogP contribution is -2.25. The zero-order valence-electron chi connectivity index (χ0n) is 11.3. The molecule has 0 aliphatic rings. The van der Waals surface area contributed by atoms with Crippen molar-refractivity contribution in [3.8, 4) is 0 Å². The summed E-state index contributed by atoms with van der Waals surface area (Å²) in [7, 11) is 0. The number of aryl methyl sites for hydroxylation is 2. The van der Waals surface area contributed by atoms with Gasteiger partial charge in [0, 0.05) is 12.7 Å². The summed E-state index contributed by atoms with van der Waals surface area (Å²) in [5.74, 6) is 0.981. The van der Waals surface area contributed by atoms with E-state index in [1.165, 1.54) is 5.56 Å². The van der Waals surface area contributed by atoms with Gasteiger partial charge in [-0.15, -0.1) is 0 Å². The second-order valence-corrected chi connectivity index (χ2v) is 4.44. The third kappa shape index (κ3) is 2.48. The molecule has 0 saturated heterocycles. The first kappa shape index (κ1) is 12.9. The fourth-order valence-corrected chi connectivity index (χ4v) is 2.20. The van der Waals surface area contributed by atoms with Gasteiger partial charge in [0.25, 0.3) is 0 Å². The van der Waals surface area contributed by atoms with E-state index in [9.17, 15) is 0 Å². The van der Waals surface area contributed by atoms with Gasteiger partial charge in [0.2, 0.25) is 0 Å². The van der Waals surface area contributed by atoms with Gasteiger partial charge in [-0.1, -0.05) is 13.8 Å². The molecule has 98 valence electrons. The summed E-state index contributed by atoms with van der Waals surface area (Å²) in [4.78, 5) is 0. The molecule has 0 amide bonds. The van der Waals surface area contributed by atoms with E-state index in [2.05, 4.69) is 41.9 Å². The van der Waals surface area contributed by atoms with Crippen LogP contribution in [0, 0.1) is 6.92 Å². The van der Waals surface area contributed by atoms with Crippen molar-refractivity contribution in [2.24, 2.45) is 0 Å². The molecular weight excluding hydrogens is 226 g/mol. The van der Waals surface area contributed by atoms with Crippen LogP contribution in [0.2, 0.25) is 0 Å². The van der Waals surface area contributed by atoms with Gasteiger partial charge in [-0.25, -0.2) is 0 Å². The van der Waals surface area contributed by atoms with Crippen LogP contribution in [-0.2, 0) is 6.54 Å². The minimum absolute atomic E-state index is 0.0825. The Kier molecular flexibility index (Phi) is 4.20. The van der Waals surface area contributed by atoms with Crippen LogP contribution in [0.15, 0.2) is 29.0 Å². The van der Waals surface area contributed by atoms with Crippen molar-refractivity contribution in [3.05, 3.63) is 41.6 Å². The van der Waals surface area contributed by atoms with Crippen LogP contribution >= 0.6 is 0 Å². The lowest BCUT2D eigenvalue weighted by Gasteiger charge is -2.18. The predicted molar refractivity (Wildman–Crippen MR) is 71.5 cm³/mol. The van der Waals surface area contributed by atoms with Crippen LogP contribution in [0.5, 0.6) is 0 Å². The first-order valence-electron chi connectivity index (χ1n) is 6.57. The van der Waals surface area contributed by atoms with Gasteiger partial charge in [0.05, 0.1) is 12.0 Å². The summed E-state index contributed by atoms with van der Waals surface area (Å²) in [5, 5.41) is 7.86. The molecule has 18 heavy (non-hydrogen) atoms. The predicted octanol–water partition coefficient (Wildman–Crippen LogP) is 2.89. The lowest BCUT2D eigenvalue weighted by atomic mass is 10.1. The Morgan fingerprint density at radius 3 is 2.83 bits per heavy atom. The normalized spacial score (nSPS) is 12.8. The van der Waals surface area contributed by atoms with Crippen molar-refractivity contribution in [2.45, 2.75) is 39.8 Å². The molecule has 2 aromatic heterocycles. The Hall–Kier alpha value is -1.55. The molecule has 0 aromatic carbocycles. The average Bonchev–Trinajstić information content (AvgIpc) is 2.96. The van der Waals surface area contributed by atoms with Gasteiger partial charge in [-0.3, -0.25) is 4.68 Å². The number of aromatic nitrogens is 2. The number of hydrogen-bond donors (Lipinski definition) is 1. The molecule has 2 rings (SSSR count). The van der Waals surface area contributed by atoms with Gasteiger partial charge in [0.1, 0.15) is 11.8 Å².